The number of nitrogens with two attached hydrogens (primary N) is 1. The standard InChI is InChI=1S/C15H19N/c1-11(2)10-15(9-8-12(15)3)13-4-6-14(16)7-5-13/h4-7H,1,3,8-10,16H2,2H3/t15-/m1/s1. The molecule has 2 N–H and O–H groups in total. The molecule has 0 saturated heterocycles. The van der Waals surface area contributed by atoms with Gasteiger partial charge in [0.1, 0.15) is 0 Å². The normalized spacial score (nSPS) is 23.9. The van der Waals surface area contributed by atoms with Crippen LogP contribution in [-0.2, 0) is 5.41 Å². The summed E-state index contributed by atoms with van der Waals surface area (Å²) < 4.78 is 0. The van der Waals surface area contributed by atoms with Crippen LogP contribution in [0.25, 0.3) is 0 Å². The van der Waals surface area contributed by atoms with Crippen molar-refractivity contribution in [2.45, 2.75) is 31.6 Å². The van der Waals surface area contributed by atoms with E-state index in [1.54, 1.807) is 0 Å². The molecule has 1 fully saturated rings. The van der Waals surface area contributed by atoms with Crippen LogP contribution in [0.3, 0.4) is 0 Å². The third-order valence-electron chi connectivity index (χ3n) is 3.60. The Morgan fingerprint density at radius 3 is 2.38 bits per heavy atom. The first-order valence-electron chi connectivity index (χ1n) is 5.73. The molecule has 0 spiro atoms. The zero-order chi connectivity index (χ0) is 11.8. The third-order valence-corrected chi connectivity index (χ3v) is 3.60. The number of hydrogen-bond donors (Lipinski definition) is 1. The lowest BCUT2D eigenvalue weighted by molar-refractivity contribution is 0.358. The van der Waals surface area contributed by atoms with Gasteiger partial charge in [-0.25, -0.2) is 0 Å². The molecule has 2 rings (SSSR count). The van der Waals surface area contributed by atoms with Crippen LogP contribution in [0.2, 0.25) is 0 Å². The van der Waals surface area contributed by atoms with E-state index >= 15 is 0 Å². The van der Waals surface area contributed by atoms with Crippen LogP contribution in [0.4, 0.5) is 5.69 Å². The summed E-state index contributed by atoms with van der Waals surface area (Å²) in [5.41, 5.74) is 10.6. The van der Waals surface area contributed by atoms with Crippen LogP contribution in [-0.4, -0.2) is 0 Å². The molecule has 0 amide bonds. The molecule has 1 atom stereocenters. The van der Waals surface area contributed by atoms with Crippen molar-refractivity contribution in [1.29, 1.82) is 0 Å². The van der Waals surface area contributed by atoms with E-state index < -0.39 is 0 Å². The molecular formula is C15H19N. The van der Waals surface area contributed by atoms with Crippen molar-refractivity contribution in [2.24, 2.45) is 0 Å². The van der Waals surface area contributed by atoms with Gasteiger partial charge in [0.05, 0.1) is 0 Å². The molecule has 1 aromatic carbocycles. The molecular weight excluding hydrogens is 194 g/mol. The fraction of sp³-hybridized carbons (Fsp3) is 0.333. The summed E-state index contributed by atoms with van der Waals surface area (Å²) in [6.07, 6.45) is 3.33. The van der Waals surface area contributed by atoms with Gasteiger partial charge in [-0.1, -0.05) is 29.9 Å². The molecule has 84 valence electrons. The highest BCUT2D eigenvalue weighted by Gasteiger charge is 2.41. The Morgan fingerprint density at radius 1 is 1.38 bits per heavy atom. The molecule has 0 unspecified atom stereocenters. The predicted molar refractivity (Wildman–Crippen MR) is 70.3 cm³/mol. The highest BCUT2D eigenvalue weighted by molar-refractivity contribution is 5.47. The van der Waals surface area contributed by atoms with Gasteiger partial charge in [0.15, 0.2) is 0 Å². The van der Waals surface area contributed by atoms with Crippen molar-refractivity contribution in [3.8, 4) is 0 Å². The molecule has 0 bridgehead atoms. The van der Waals surface area contributed by atoms with E-state index in [4.69, 9.17) is 5.73 Å². The molecule has 0 heterocycles. The maximum Gasteiger partial charge on any atom is 0.0314 e. The fourth-order valence-electron chi connectivity index (χ4n) is 2.58. The molecule has 1 nitrogen and oxygen atoms in total. The van der Waals surface area contributed by atoms with Gasteiger partial charge < -0.3 is 5.73 Å². The van der Waals surface area contributed by atoms with Gasteiger partial charge in [0.25, 0.3) is 0 Å². The lowest BCUT2D eigenvalue weighted by atomic mass is 9.58. The van der Waals surface area contributed by atoms with Crippen molar-refractivity contribution in [3.63, 3.8) is 0 Å². The summed E-state index contributed by atoms with van der Waals surface area (Å²) in [6, 6.07) is 8.20. The molecule has 0 aliphatic heterocycles. The predicted octanol–water partition coefficient (Wildman–Crippen LogP) is 3.82. The average Bonchev–Trinajstić information content (AvgIpc) is 2.25. The van der Waals surface area contributed by atoms with Crippen LogP contribution < -0.4 is 5.73 Å². The van der Waals surface area contributed by atoms with Gasteiger partial charge >= 0.3 is 0 Å². The highest BCUT2D eigenvalue weighted by Crippen LogP contribution is 2.51. The molecule has 16 heavy (non-hydrogen) atoms. The van der Waals surface area contributed by atoms with Gasteiger partial charge in [-0.15, -0.1) is 6.58 Å². The summed E-state index contributed by atoms with van der Waals surface area (Å²) in [4.78, 5) is 0. The Morgan fingerprint density at radius 2 is 2.00 bits per heavy atom. The van der Waals surface area contributed by atoms with Gasteiger partial charge in [0, 0.05) is 11.1 Å². The van der Waals surface area contributed by atoms with E-state index in [0.29, 0.717) is 0 Å². The van der Waals surface area contributed by atoms with Gasteiger partial charge in [-0.2, -0.15) is 0 Å². The van der Waals surface area contributed by atoms with E-state index in [2.05, 4.69) is 32.2 Å². The maximum atomic E-state index is 5.73. The van der Waals surface area contributed by atoms with Crippen molar-refractivity contribution >= 4 is 5.69 Å². The Kier molecular flexibility index (Phi) is 2.63. The Labute approximate surface area is 97.7 Å². The maximum absolute atomic E-state index is 5.73. The number of rotatable bonds is 3. The number of anilines is 1. The molecule has 1 aliphatic rings. The molecule has 1 aromatic rings. The van der Waals surface area contributed by atoms with E-state index in [-0.39, 0.29) is 5.41 Å². The molecule has 1 aliphatic carbocycles. The van der Waals surface area contributed by atoms with Crippen LogP contribution >= 0.6 is 0 Å². The Balaban J connectivity index is 2.36. The lowest BCUT2D eigenvalue weighted by Crippen LogP contribution is -2.36. The number of benzene rings is 1. The highest BCUT2D eigenvalue weighted by atomic mass is 14.5. The average molecular weight is 213 g/mol. The van der Waals surface area contributed by atoms with Crippen molar-refractivity contribution < 1.29 is 0 Å². The van der Waals surface area contributed by atoms with Crippen LogP contribution in [0.15, 0.2) is 48.6 Å². The minimum absolute atomic E-state index is 0.138. The smallest absolute Gasteiger partial charge is 0.0314 e. The quantitative estimate of drug-likeness (QED) is 0.599. The second-order valence-electron chi connectivity index (χ2n) is 4.94. The molecule has 1 heteroatoms. The summed E-state index contributed by atoms with van der Waals surface area (Å²) in [5, 5.41) is 0. The monoisotopic (exact) mass is 213 g/mol. The fourth-order valence-corrected chi connectivity index (χ4v) is 2.58. The van der Waals surface area contributed by atoms with Crippen LogP contribution in [0.1, 0.15) is 31.7 Å². The van der Waals surface area contributed by atoms with Gasteiger partial charge in [-0.05, 0) is 43.9 Å². The van der Waals surface area contributed by atoms with E-state index in [0.717, 1.165) is 18.5 Å². The lowest BCUT2D eigenvalue weighted by Gasteiger charge is -2.45. The SMILES string of the molecule is C=C(C)C[C@]1(c2ccc(N)cc2)CCC1=C. The number of allylic oxidation sites excluding steroid dienone is 2. The summed E-state index contributed by atoms with van der Waals surface area (Å²) >= 11 is 0. The third kappa shape index (κ3) is 1.67. The van der Waals surface area contributed by atoms with Crippen molar-refractivity contribution in [1.82, 2.24) is 0 Å². The zero-order valence-corrected chi connectivity index (χ0v) is 9.92. The minimum atomic E-state index is 0.138. The topological polar surface area (TPSA) is 26.0 Å². The molecule has 1 saturated carbocycles. The molecule has 0 aromatic heterocycles. The number of hydrogen-bond acceptors (Lipinski definition) is 1. The first kappa shape index (κ1) is 11.0. The number of nitrogen functional groups attached to an aromatic ring is 1. The molecule has 0 radical (unpaired) electrons. The zero-order valence-electron chi connectivity index (χ0n) is 9.92. The van der Waals surface area contributed by atoms with Gasteiger partial charge in [0.2, 0.25) is 0 Å². The van der Waals surface area contributed by atoms with Crippen molar-refractivity contribution in [3.05, 3.63) is 54.1 Å². The second-order valence-corrected chi connectivity index (χ2v) is 4.94. The van der Waals surface area contributed by atoms with Crippen LogP contribution in [0.5, 0.6) is 0 Å². The van der Waals surface area contributed by atoms with Crippen molar-refractivity contribution in [2.75, 3.05) is 5.73 Å². The largest absolute Gasteiger partial charge is 0.399 e. The Hall–Kier alpha value is -1.50. The summed E-state index contributed by atoms with van der Waals surface area (Å²) in [6.45, 7) is 10.3. The minimum Gasteiger partial charge on any atom is -0.399 e. The Bertz CT molecular complexity index is 427. The first-order valence-corrected chi connectivity index (χ1v) is 5.73. The second kappa shape index (κ2) is 3.82. The van der Waals surface area contributed by atoms with E-state index in [1.807, 2.05) is 12.1 Å². The first-order chi connectivity index (χ1) is 7.54. The van der Waals surface area contributed by atoms with Crippen LogP contribution in [0, 0.1) is 0 Å². The van der Waals surface area contributed by atoms with E-state index in [1.165, 1.54) is 23.1 Å². The summed E-state index contributed by atoms with van der Waals surface area (Å²) in [5.74, 6) is 0. The summed E-state index contributed by atoms with van der Waals surface area (Å²) in [7, 11) is 0. The van der Waals surface area contributed by atoms with E-state index in [9.17, 15) is 0 Å². The van der Waals surface area contributed by atoms with Gasteiger partial charge in [-0.3, -0.25) is 0 Å².